The van der Waals surface area contributed by atoms with E-state index in [1.54, 1.807) is 30.3 Å². The lowest BCUT2D eigenvalue weighted by Crippen LogP contribution is -2.44. The van der Waals surface area contributed by atoms with Crippen LogP contribution in [0, 0.1) is 11.3 Å². The molecule has 0 aromatic heterocycles. The maximum absolute atomic E-state index is 12.9. The SMILES string of the molecule is C[C@@H](C#N)OC(=O)[C@H](Cc1ccccc1)NS(=O)(=O)c1ccc2c(c1)OCCO2. The van der Waals surface area contributed by atoms with Gasteiger partial charge in [-0.25, -0.2) is 8.42 Å². The fourth-order valence-electron chi connectivity index (χ4n) is 2.75. The molecular weight excluding hydrogens is 396 g/mol. The van der Waals surface area contributed by atoms with Gasteiger partial charge in [0.2, 0.25) is 10.0 Å². The molecule has 2 atom stereocenters. The highest BCUT2D eigenvalue weighted by Crippen LogP contribution is 2.32. The normalized spacial score (nSPS) is 15.0. The highest BCUT2D eigenvalue weighted by Gasteiger charge is 2.29. The molecule has 0 saturated carbocycles. The van der Waals surface area contributed by atoms with Crippen molar-refractivity contribution in [3.05, 3.63) is 54.1 Å². The van der Waals surface area contributed by atoms with Crippen LogP contribution in [-0.2, 0) is 26.0 Å². The van der Waals surface area contributed by atoms with Gasteiger partial charge in [-0.1, -0.05) is 30.3 Å². The summed E-state index contributed by atoms with van der Waals surface area (Å²) in [5, 5.41) is 8.89. The van der Waals surface area contributed by atoms with Gasteiger partial charge in [-0.2, -0.15) is 9.98 Å². The third-order valence-corrected chi connectivity index (χ3v) is 5.63. The van der Waals surface area contributed by atoms with Gasteiger partial charge in [-0.3, -0.25) is 4.79 Å². The van der Waals surface area contributed by atoms with Crippen molar-refractivity contribution in [3.8, 4) is 17.6 Å². The molecule has 152 valence electrons. The first-order valence-corrected chi connectivity index (χ1v) is 10.4. The number of ether oxygens (including phenoxy) is 3. The quantitative estimate of drug-likeness (QED) is 0.685. The Kier molecular flexibility index (Phi) is 6.36. The minimum absolute atomic E-state index is 0.0686. The van der Waals surface area contributed by atoms with E-state index < -0.39 is 28.1 Å². The second-order valence-corrected chi connectivity index (χ2v) is 8.09. The number of sulfonamides is 1. The largest absolute Gasteiger partial charge is 0.486 e. The van der Waals surface area contributed by atoms with Crippen molar-refractivity contribution < 1.29 is 27.4 Å². The minimum Gasteiger partial charge on any atom is -0.486 e. The van der Waals surface area contributed by atoms with Gasteiger partial charge < -0.3 is 14.2 Å². The first-order chi connectivity index (χ1) is 13.9. The maximum Gasteiger partial charge on any atom is 0.325 e. The molecule has 1 aliphatic rings. The first-order valence-electron chi connectivity index (χ1n) is 8.95. The second-order valence-electron chi connectivity index (χ2n) is 6.38. The summed E-state index contributed by atoms with van der Waals surface area (Å²) in [6, 6.07) is 13.7. The molecule has 0 fully saturated rings. The zero-order valence-corrected chi connectivity index (χ0v) is 16.5. The van der Waals surface area contributed by atoms with Crippen molar-refractivity contribution in [1.29, 1.82) is 5.26 Å². The van der Waals surface area contributed by atoms with Gasteiger partial charge in [0, 0.05) is 6.07 Å². The van der Waals surface area contributed by atoms with Gasteiger partial charge in [0.05, 0.1) is 4.90 Å². The summed E-state index contributed by atoms with van der Waals surface area (Å²) in [7, 11) is -4.07. The fourth-order valence-corrected chi connectivity index (χ4v) is 3.95. The van der Waals surface area contributed by atoms with Crippen LogP contribution < -0.4 is 14.2 Å². The van der Waals surface area contributed by atoms with Crippen molar-refractivity contribution in [2.24, 2.45) is 0 Å². The van der Waals surface area contributed by atoms with Crippen LogP contribution in [0.15, 0.2) is 53.4 Å². The first kappa shape index (κ1) is 20.6. The van der Waals surface area contributed by atoms with Crippen LogP contribution in [0.4, 0.5) is 0 Å². The molecule has 1 N–H and O–H groups in total. The monoisotopic (exact) mass is 416 g/mol. The number of benzene rings is 2. The zero-order valence-electron chi connectivity index (χ0n) is 15.7. The van der Waals surface area contributed by atoms with Gasteiger partial charge in [0.15, 0.2) is 17.6 Å². The number of hydrogen-bond acceptors (Lipinski definition) is 7. The van der Waals surface area contributed by atoms with Gasteiger partial charge in [0.25, 0.3) is 0 Å². The molecular formula is C20H20N2O6S. The van der Waals surface area contributed by atoms with Crippen molar-refractivity contribution >= 4 is 16.0 Å². The molecule has 0 bridgehead atoms. The maximum atomic E-state index is 12.9. The van der Waals surface area contributed by atoms with E-state index in [0.717, 1.165) is 5.56 Å². The molecule has 0 saturated heterocycles. The minimum atomic E-state index is -4.07. The summed E-state index contributed by atoms with van der Waals surface area (Å²) in [5.74, 6) is -0.0540. The Morgan fingerprint density at radius 3 is 2.55 bits per heavy atom. The lowest BCUT2D eigenvalue weighted by molar-refractivity contribution is -0.147. The van der Waals surface area contributed by atoms with E-state index in [9.17, 15) is 13.2 Å². The topological polar surface area (TPSA) is 115 Å². The van der Waals surface area contributed by atoms with Gasteiger partial charge in [-0.05, 0) is 31.0 Å². The number of hydrogen-bond donors (Lipinski definition) is 1. The number of carbonyl (C=O) groups is 1. The number of carbonyl (C=O) groups excluding carboxylic acids is 1. The van der Waals surface area contributed by atoms with Crippen molar-refractivity contribution in [3.63, 3.8) is 0 Å². The molecule has 8 nitrogen and oxygen atoms in total. The van der Waals surface area contributed by atoms with Crippen LogP contribution in [0.2, 0.25) is 0 Å². The molecule has 0 radical (unpaired) electrons. The van der Waals surface area contributed by atoms with Crippen molar-refractivity contribution in [2.45, 2.75) is 30.4 Å². The summed E-state index contributed by atoms with van der Waals surface area (Å²) < 4.78 is 44.0. The smallest absolute Gasteiger partial charge is 0.325 e. The van der Waals surface area contributed by atoms with E-state index in [1.807, 2.05) is 6.07 Å². The zero-order chi connectivity index (χ0) is 20.9. The van der Waals surface area contributed by atoms with Crippen LogP contribution in [0.25, 0.3) is 0 Å². The van der Waals surface area contributed by atoms with Crippen LogP contribution in [-0.4, -0.2) is 39.7 Å². The Balaban J connectivity index is 1.85. The molecule has 0 spiro atoms. The number of nitrogens with one attached hydrogen (secondary N) is 1. The van der Waals surface area contributed by atoms with Crippen molar-refractivity contribution in [2.75, 3.05) is 13.2 Å². The Labute approximate surface area is 169 Å². The highest BCUT2D eigenvalue weighted by molar-refractivity contribution is 7.89. The van der Waals surface area contributed by atoms with Gasteiger partial charge >= 0.3 is 5.97 Å². The molecule has 3 rings (SSSR count). The van der Waals surface area contributed by atoms with Gasteiger partial charge in [-0.15, -0.1) is 0 Å². The second kappa shape index (κ2) is 8.94. The molecule has 1 aliphatic heterocycles. The van der Waals surface area contributed by atoms with E-state index in [-0.39, 0.29) is 11.3 Å². The molecule has 2 aromatic rings. The molecule has 0 unspecified atom stereocenters. The number of esters is 1. The summed E-state index contributed by atoms with van der Waals surface area (Å²) in [6.45, 7) is 2.12. The Morgan fingerprint density at radius 1 is 1.17 bits per heavy atom. The van der Waals surface area contributed by atoms with E-state index in [2.05, 4.69) is 4.72 Å². The average Bonchev–Trinajstić information content (AvgIpc) is 2.73. The van der Waals surface area contributed by atoms with Crippen LogP contribution in [0.1, 0.15) is 12.5 Å². The molecule has 1 heterocycles. The summed E-state index contributed by atoms with van der Waals surface area (Å²) in [6.07, 6.45) is -0.929. The fraction of sp³-hybridized carbons (Fsp3) is 0.300. The van der Waals surface area contributed by atoms with Crippen molar-refractivity contribution in [1.82, 2.24) is 4.72 Å². The van der Waals surface area contributed by atoms with Crippen LogP contribution >= 0.6 is 0 Å². The molecule has 2 aromatic carbocycles. The number of fused-ring (bicyclic) bond motifs is 1. The third-order valence-electron chi connectivity index (χ3n) is 4.16. The average molecular weight is 416 g/mol. The van der Waals surface area contributed by atoms with E-state index in [1.165, 1.54) is 25.1 Å². The van der Waals surface area contributed by atoms with E-state index in [0.29, 0.717) is 24.7 Å². The van der Waals surface area contributed by atoms with E-state index in [4.69, 9.17) is 19.5 Å². The summed E-state index contributed by atoms with van der Waals surface area (Å²) >= 11 is 0. The Bertz CT molecular complexity index is 1020. The predicted molar refractivity (Wildman–Crippen MR) is 103 cm³/mol. The lowest BCUT2D eigenvalue weighted by atomic mass is 10.1. The molecule has 29 heavy (non-hydrogen) atoms. The predicted octanol–water partition coefficient (Wildman–Crippen LogP) is 1.80. The highest BCUT2D eigenvalue weighted by atomic mass is 32.2. The molecule has 9 heteroatoms. The van der Waals surface area contributed by atoms with Crippen LogP contribution in [0.5, 0.6) is 11.5 Å². The number of nitrogens with zero attached hydrogens (tertiary/aromatic N) is 1. The van der Waals surface area contributed by atoms with E-state index >= 15 is 0 Å². The summed E-state index contributed by atoms with van der Waals surface area (Å²) in [5.41, 5.74) is 0.740. The lowest BCUT2D eigenvalue weighted by Gasteiger charge is -2.21. The number of nitriles is 1. The van der Waals surface area contributed by atoms with Crippen LogP contribution in [0.3, 0.4) is 0 Å². The molecule has 0 amide bonds. The summed E-state index contributed by atoms with van der Waals surface area (Å²) in [4.78, 5) is 12.4. The molecule has 0 aliphatic carbocycles. The number of rotatable bonds is 7. The Morgan fingerprint density at radius 2 is 1.86 bits per heavy atom. The van der Waals surface area contributed by atoms with Gasteiger partial charge in [0.1, 0.15) is 25.3 Å². The Hall–Kier alpha value is -3.09. The standard InChI is InChI=1S/C20H20N2O6S/c1-14(13-21)28-20(23)17(11-15-5-3-2-4-6-15)22-29(24,25)16-7-8-18-19(12-16)27-10-9-26-18/h2-8,12,14,17,22H,9-11H2,1H3/t14-,17-/m0/s1. The third kappa shape index (κ3) is 5.25.